The van der Waals surface area contributed by atoms with Crippen molar-refractivity contribution in [3.63, 3.8) is 0 Å². The molecule has 1 N–H and O–H groups in total. The number of carbonyl (C=O) groups is 1. The van der Waals surface area contributed by atoms with Crippen molar-refractivity contribution < 1.29 is 9.90 Å². The molecule has 0 aliphatic carbocycles. The zero-order chi connectivity index (χ0) is 9.84. The molecule has 13 heavy (non-hydrogen) atoms. The highest BCUT2D eigenvalue weighted by atomic mass is 79.9. The molecule has 0 aliphatic rings. The van der Waals surface area contributed by atoms with Gasteiger partial charge in [0, 0.05) is 4.83 Å². The molecule has 0 aromatic heterocycles. The maximum Gasteiger partial charge on any atom is 0.336 e. The van der Waals surface area contributed by atoms with Crippen LogP contribution in [0.2, 0.25) is 0 Å². The molecule has 0 spiro atoms. The molecule has 1 atom stereocenters. The first-order chi connectivity index (χ1) is 6.16. The van der Waals surface area contributed by atoms with E-state index in [9.17, 15) is 4.79 Å². The van der Waals surface area contributed by atoms with Gasteiger partial charge in [-0.1, -0.05) is 41.1 Å². The molecular formula is C10H11BrO2. The molecule has 1 aromatic rings. The van der Waals surface area contributed by atoms with Gasteiger partial charge in [0.1, 0.15) is 0 Å². The summed E-state index contributed by atoms with van der Waals surface area (Å²) in [5.74, 6) is -0.867. The lowest BCUT2D eigenvalue weighted by atomic mass is 10.0. The van der Waals surface area contributed by atoms with Gasteiger partial charge < -0.3 is 5.11 Å². The summed E-state index contributed by atoms with van der Waals surface area (Å²) >= 11 is 3.44. The fourth-order valence-corrected chi connectivity index (χ4v) is 1.58. The standard InChI is InChI=1S/C10H11BrO2/c1-2-9(11)7-5-3-4-6-8(7)10(12)13/h3-6,9H,2H2,1H3,(H,12,13). The first-order valence-corrected chi connectivity index (χ1v) is 5.04. The maximum absolute atomic E-state index is 10.8. The number of hydrogen-bond donors (Lipinski definition) is 1. The summed E-state index contributed by atoms with van der Waals surface area (Å²) in [4.78, 5) is 10.9. The number of hydrogen-bond acceptors (Lipinski definition) is 1. The smallest absolute Gasteiger partial charge is 0.336 e. The van der Waals surface area contributed by atoms with Gasteiger partial charge in [-0.15, -0.1) is 0 Å². The normalized spacial score (nSPS) is 12.5. The molecule has 1 aromatic carbocycles. The van der Waals surface area contributed by atoms with E-state index < -0.39 is 5.97 Å². The van der Waals surface area contributed by atoms with E-state index in [0.717, 1.165) is 12.0 Å². The van der Waals surface area contributed by atoms with Gasteiger partial charge >= 0.3 is 5.97 Å². The van der Waals surface area contributed by atoms with Gasteiger partial charge in [-0.2, -0.15) is 0 Å². The summed E-state index contributed by atoms with van der Waals surface area (Å²) in [6.45, 7) is 2.01. The van der Waals surface area contributed by atoms with Crippen molar-refractivity contribution in [3.8, 4) is 0 Å². The molecule has 70 valence electrons. The molecule has 0 saturated heterocycles. The van der Waals surface area contributed by atoms with E-state index in [4.69, 9.17) is 5.11 Å². The highest BCUT2D eigenvalue weighted by Gasteiger charge is 2.13. The minimum absolute atomic E-state index is 0.125. The van der Waals surface area contributed by atoms with Gasteiger partial charge in [-0.3, -0.25) is 0 Å². The molecule has 2 nitrogen and oxygen atoms in total. The van der Waals surface area contributed by atoms with E-state index in [1.54, 1.807) is 12.1 Å². The van der Waals surface area contributed by atoms with Crippen LogP contribution in [0.25, 0.3) is 0 Å². The maximum atomic E-state index is 10.8. The Labute approximate surface area is 85.7 Å². The highest BCUT2D eigenvalue weighted by molar-refractivity contribution is 9.09. The number of aromatic carboxylic acids is 1. The predicted molar refractivity (Wildman–Crippen MR) is 55.4 cm³/mol. The van der Waals surface area contributed by atoms with Crippen LogP contribution in [0, 0.1) is 0 Å². The fraction of sp³-hybridized carbons (Fsp3) is 0.300. The molecule has 1 rings (SSSR count). The molecule has 0 bridgehead atoms. The Balaban J connectivity index is 3.11. The van der Waals surface area contributed by atoms with Gasteiger partial charge in [-0.25, -0.2) is 4.79 Å². The number of alkyl halides is 1. The zero-order valence-corrected chi connectivity index (χ0v) is 8.91. The summed E-state index contributed by atoms with van der Waals surface area (Å²) in [5.41, 5.74) is 1.23. The molecule has 0 aliphatic heterocycles. The average molecular weight is 243 g/mol. The summed E-state index contributed by atoms with van der Waals surface area (Å²) in [5, 5.41) is 8.89. The van der Waals surface area contributed by atoms with Crippen LogP contribution in [0.4, 0.5) is 0 Å². The first kappa shape index (κ1) is 10.3. The lowest BCUT2D eigenvalue weighted by molar-refractivity contribution is 0.0695. The molecule has 3 heteroatoms. The minimum atomic E-state index is -0.867. The topological polar surface area (TPSA) is 37.3 Å². The van der Waals surface area contributed by atoms with E-state index in [2.05, 4.69) is 15.9 Å². The SMILES string of the molecule is CCC(Br)c1ccccc1C(=O)O. The van der Waals surface area contributed by atoms with Crippen LogP contribution >= 0.6 is 15.9 Å². The number of halogens is 1. The van der Waals surface area contributed by atoms with E-state index in [1.807, 2.05) is 19.1 Å². The van der Waals surface area contributed by atoms with Crippen molar-refractivity contribution in [1.29, 1.82) is 0 Å². The number of benzene rings is 1. The van der Waals surface area contributed by atoms with Gasteiger partial charge in [-0.05, 0) is 18.1 Å². The lowest BCUT2D eigenvalue weighted by Crippen LogP contribution is -2.03. The monoisotopic (exact) mass is 242 g/mol. The summed E-state index contributed by atoms with van der Waals surface area (Å²) in [6, 6.07) is 7.06. The second-order valence-corrected chi connectivity index (χ2v) is 3.87. The molecule has 0 amide bonds. The first-order valence-electron chi connectivity index (χ1n) is 4.13. The minimum Gasteiger partial charge on any atom is -0.478 e. The zero-order valence-electron chi connectivity index (χ0n) is 7.33. The van der Waals surface area contributed by atoms with E-state index in [0.29, 0.717) is 5.56 Å². The Hall–Kier alpha value is -0.830. The predicted octanol–water partition coefficient (Wildman–Crippen LogP) is 3.23. The highest BCUT2D eigenvalue weighted by Crippen LogP contribution is 2.28. The van der Waals surface area contributed by atoms with Crippen molar-refractivity contribution in [2.75, 3.05) is 0 Å². The largest absolute Gasteiger partial charge is 0.478 e. The van der Waals surface area contributed by atoms with Crippen LogP contribution in [0.15, 0.2) is 24.3 Å². The lowest BCUT2D eigenvalue weighted by Gasteiger charge is -2.09. The number of carboxylic acids is 1. The van der Waals surface area contributed by atoms with Crippen molar-refractivity contribution >= 4 is 21.9 Å². The molecule has 0 fully saturated rings. The third-order valence-electron chi connectivity index (χ3n) is 1.89. The molecule has 0 saturated carbocycles. The Morgan fingerprint density at radius 2 is 2.15 bits per heavy atom. The van der Waals surface area contributed by atoms with Crippen LogP contribution in [0.3, 0.4) is 0 Å². The fourth-order valence-electron chi connectivity index (χ4n) is 1.18. The van der Waals surface area contributed by atoms with E-state index in [1.165, 1.54) is 0 Å². The number of rotatable bonds is 3. The molecule has 0 radical (unpaired) electrons. The molecular weight excluding hydrogens is 232 g/mol. The molecule has 0 heterocycles. The third-order valence-corrected chi connectivity index (χ3v) is 3.03. The molecule has 1 unspecified atom stereocenters. The Morgan fingerprint density at radius 1 is 1.54 bits per heavy atom. The average Bonchev–Trinajstić information content (AvgIpc) is 2.16. The quantitative estimate of drug-likeness (QED) is 0.827. The van der Waals surface area contributed by atoms with Crippen LogP contribution in [-0.2, 0) is 0 Å². The van der Waals surface area contributed by atoms with Crippen LogP contribution in [0.1, 0.15) is 34.1 Å². The van der Waals surface area contributed by atoms with Gasteiger partial charge in [0.25, 0.3) is 0 Å². The summed E-state index contributed by atoms with van der Waals surface area (Å²) in [7, 11) is 0. The van der Waals surface area contributed by atoms with Gasteiger partial charge in [0.05, 0.1) is 5.56 Å². The van der Waals surface area contributed by atoms with Crippen LogP contribution < -0.4 is 0 Å². The second-order valence-electron chi connectivity index (χ2n) is 2.77. The van der Waals surface area contributed by atoms with Crippen LogP contribution in [-0.4, -0.2) is 11.1 Å². The van der Waals surface area contributed by atoms with Crippen molar-refractivity contribution in [2.24, 2.45) is 0 Å². The van der Waals surface area contributed by atoms with Crippen molar-refractivity contribution in [1.82, 2.24) is 0 Å². The Bertz CT molecular complexity index is 310. The summed E-state index contributed by atoms with van der Waals surface area (Å²) < 4.78 is 0. The van der Waals surface area contributed by atoms with Gasteiger partial charge in [0.2, 0.25) is 0 Å². The Morgan fingerprint density at radius 3 is 2.69 bits per heavy atom. The second kappa shape index (κ2) is 4.42. The Kier molecular flexibility index (Phi) is 3.48. The van der Waals surface area contributed by atoms with Gasteiger partial charge in [0.15, 0.2) is 0 Å². The number of carboxylic acid groups (broad SMARTS) is 1. The third kappa shape index (κ3) is 2.31. The van der Waals surface area contributed by atoms with E-state index >= 15 is 0 Å². The van der Waals surface area contributed by atoms with Crippen molar-refractivity contribution in [3.05, 3.63) is 35.4 Å². The summed E-state index contributed by atoms with van der Waals surface area (Å²) in [6.07, 6.45) is 0.879. The van der Waals surface area contributed by atoms with Crippen LogP contribution in [0.5, 0.6) is 0 Å². The van der Waals surface area contributed by atoms with Crippen molar-refractivity contribution in [2.45, 2.75) is 18.2 Å². The van der Waals surface area contributed by atoms with E-state index in [-0.39, 0.29) is 4.83 Å².